The summed E-state index contributed by atoms with van der Waals surface area (Å²) >= 11 is 10.4. The van der Waals surface area contributed by atoms with E-state index in [2.05, 4.69) is 168 Å². The van der Waals surface area contributed by atoms with Gasteiger partial charge in [-0.2, -0.15) is 0 Å². The Bertz CT molecular complexity index is 2500. The zero-order chi connectivity index (χ0) is 31.3. The van der Waals surface area contributed by atoms with E-state index in [1.54, 1.807) is 11.3 Å². The van der Waals surface area contributed by atoms with Crippen LogP contribution in [-0.4, -0.2) is 0 Å². The summed E-state index contributed by atoms with van der Waals surface area (Å²) in [5, 5.41) is 5.71. The number of thiophene rings is 2. The average molecular weight is 659 g/mol. The van der Waals surface area contributed by atoms with Crippen molar-refractivity contribution in [2.75, 3.05) is 9.80 Å². The number of halogens is 1. The standard InChI is InChI=1S/C42H27ClN2S2/c43-36-23-24-37(41-34-18-10-11-19-38(34)47-42(36)41)45(30-16-8-3-9-17-30)32-20-22-33-35-26-31(21-25-39(35)46-40(33)27-32)44(28-12-4-1-5-13-28)29-14-6-2-7-15-29/h1-27H. The van der Waals surface area contributed by atoms with Gasteiger partial charge in [0.2, 0.25) is 0 Å². The molecule has 0 saturated heterocycles. The van der Waals surface area contributed by atoms with E-state index in [0.717, 1.165) is 43.8 Å². The van der Waals surface area contributed by atoms with Crippen molar-refractivity contribution in [1.82, 2.24) is 0 Å². The molecule has 7 aromatic carbocycles. The number of anilines is 6. The van der Waals surface area contributed by atoms with Crippen LogP contribution in [0.4, 0.5) is 34.1 Å². The van der Waals surface area contributed by atoms with Crippen LogP contribution < -0.4 is 9.80 Å². The number of benzene rings is 7. The number of rotatable bonds is 6. The van der Waals surface area contributed by atoms with E-state index in [-0.39, 0.29) is 0 Å². The molecule has 5 heteroatoms. The lowest BCUT2D eigenvalue weighted by Crippen LogP contribution is -2.10. The lowest BCUT2D eigenvalue weighted by Gasteiger charge is -2.26. The molecule has 0 amide bonds. The Morgan fingerprint density at radius 1 is 0.383 bits per heavy atom. The number of para-hydroxylation sites is 3. The highest BCUT2D eigenvalue weighted by Gasteiger charge is 2.21. The smallest absolute Gasteiger partial charge is 0.0586 e. The summed E-state index contributed by atoms with van der Waals surface area (Å²) < 4.78 is 4.87. The third-order valence-electron chi connectivity index (χ3n) is 8.69. The van der Waals surface area contributed by atoms with Crippen LogP contribution in [0.1, 0.15) is 0 Å². The van der Waals surface area contributed by atoms with Gasteiger partial charge in [-0.25, -0.2) is 0 Å². The molecule has 0 fully saturated rings. The SMILES string of the molecule is Clc1ccc(N(c2ccccc2)c2ccc3c(c2)sc2ccc(N(c4ccccc4)c4ccccc4)cc23)c2c1sc1ccccc12. The lowest BCUT2D eigenvalue weighted by atomic mass is 10.1. The fraction of sp³-hybridized carbons (Fsp3) is 0. The summed E-state index contributed by atoms with van der Waals surface area (Å²) in [5.41, 5.74) is 6.75. The Kier molecular flexibility index (Phi) is 6.93. The maximum atomic E-state index is 6.82. The van der Waals surface area contributed by atoms with Crippen LogP contribution in [0.15, 0.2) is 164 Å². The number of nitrogens with zero attached hydrogens (tertiary/aromatic N) is 2. The minimum absolute atomic E-state index is 0.786. The highest BCUT2D eigenvalue weighted by molar-refractivity contribution is 7.26. The van der Waals surface area contributed by atoms with Crippen LogP contribution in [0.3, 0.4) is 0 Å². The Balaban J connectivity index is 1.22. The topological polar surface area (TPSA) is 6.48 Å². The van der Waals surface area contributed by atoms with Crippen LogP contribution in [-0.2, 0) is 0 Å². The van der Waals surface area contributed by atoms with Gasteiger partial charge in [-0.15, -0.1) is 22.7 Å². The highest BCUT2D eigenvalue weighted by Crippen LogP contribution is 2.48. The molecular weight excluding hydrogens is 632 g/mol. The molecule has 9 rings (SSSR count). The molecule has 0 unspecified atom stereocenters. The van der Waals surface area contributed by atoms with Gasteiger partial charge in [0.15, 0.2) is 0 Å². The van der Waals surface area contributed by atoms with Gasteiger partial charge in [-0.05, 0) is 84.9 Å². The van der Waals surface area contributed by atoms with E-state index in [4.69, 9.17) is 11.6 Å². The molecule has 0 atom stereocenters. The summed E-state index contributed by atoms with van der Waals surface area (Å²) in [7, 11) is 0. The van der Waals surface area contributed by atoms with Crippen molar-refractivity contribution in [2.45, 2.75) is 0 Å². The highest BCUT2D eigenvalue weighted by atomic mass is 35.5. The third kappa shape index (κ3) is 4.85. The first-order valence-corrected chi connectivity index (χ1v) is 17.6. The second-order valence-electron chi connectivity index (χ2n) is 11.5. The molecule has 0 spiro atoms. The lowest BCUT2D eigenvalue weighted by molar-refractivity contribution is 1.29. The quantitative estimate of drug-likeness (QED) is 0.175. The summed E-state index contributed by atoms with van der Waals surface area (Å²) in [4.78, 5) is 4.70. The first-order valence-electron chi connectivity index (χ1n) is 15.5. The number of hydrogen-bond acceptors (Lipinski definition) is 4. The summed E-state index contributed by atoms with van der Waals surface area (Å²) in [6.07, 6.45) is 0. The molecule has 2 nitrogen and oxygen atoms in total. The van der Waals surface area contributed by atoms with Gasteiger partial charge in [0.1, 0.15) is 0 Å². The van der Waals surface area contributed by atoms with Crippen molar-refractivity contribution in [3.05, 3.63) is 169 Å². The van der Waals surface area contributed by atoms with Crippen molar-refractivity contribution in [2.24, 2.45) is 0 Å². The molecule has 224 valence electrons. The van der Waals surface area contributed by atoms with E-state index >= 15 is 0 Å². The summed E-state index contributed by atoms with van der Waals surface area (Å²) in [6.45, 7) is 0. The van der Waals surface area contributed by atoms with Gasteiger partial charge < -0.3 is 9.80 Å². The van der Waals surface area contributed by atoms with Crippen molar-refractivity contribution < 1.29 is 0 Å². The van der Waals surface area contributed by atoms with Gasteiger partial charge in [-0.1, -0.05) is 90.5 Å². The molecule has 2 aromatic heterocycles. The molecule has 2 heterocycles. The van der Waals surface area contributed by atoms with Crippen LogP contribution in [0.2, 0.25) is 5.02 Å². The molecule has 0 N–H and O–H groups in total. The molecular formula is C42H27ClN2S2. The Hall–Kier alpha value is -5.13. The van der Waals surface area contributed by atoms with Crippen molar-refractivity contribution in [3.63, 3.8) is 0 Å². The Morgan fingerprint density at radius 3 is 1.66 bits per heavy atom. The molecule has 0 aliphatic carbocycles. The van der Waals surface area contributed by atoms with E-state index < -0.39 is 0 Å². The summed E-state index contributed by atoms with van der Waals surface area (Å²) in [5.74, 6) is 0. The molecule has 47 heavy (non-hydrogen) atoms. The minimum atomic E-state index is 0.786. The van der Waals surface area contributed by atoms with Crippen LogP contribution in [0.5, 0.6) is 0 Å². The van der Waals surface area contributed by atoms with Crippen LogP contribution >= 0.6 is 34.3 Å². The zero-order valence-electron chi connectivity index (χ0n) is 25.2. The molecule has 9 aromatic rings. The van der Waals surface area contributed by atoms with Crippen molar-refractivity contribution in [1.29, 1.82) is 0 Å². The fourth-order valence-corrected chi connectivity index (χ4v) is 9.12. The van der Waals surface area contributed by atoms with E-state index in [1.807, 2.05) is 17.4 Å². The number of hydrogen-bond donors (Lipinski definition) is 0. The van der Waals surface area contributed by atoms with Gasteiger partial charge in [0, 0.05) is 64.1 Å². The molecule has 0 aliphatic rings. The molecule has 0 bridgehead atoms. The monoisotopic (exact) mass is 658 g/mol. The van der Waals surface area contributed by atoms with Gasteiger partial charge in [-0.3, -0.25) is 0 Å². The first kappa shape index (κ1) is 28.1. The maximum absolute atomic E-state index is 6.82. The molecule has 0 radical (unpaired) electrons. The van der Waals surface area contributed by atoms with Crippen LogP contribution in [0.25, 0.3) is 40.3 Å². The Labute approximate surface area is 285 Å². The van der Waals surface area contributed by atoms with Gasteiger partial charge in [0.05, 0.1) is 15.4 Å². The fourth-order valence-electron chi connectivity index (χ4n) is 6.60. The molecule has 0 saturated carbocycles. The van der Waals surface area contributed by atoms with Crippen LogP contribution in [0, 0.1) is 0 Å². The predicted octanol–water partition coefficient (Wildman–Crippen LogP) is 14.0. The van der Waals surface area contributed by atoms with Crippen molar-refractivity contribution >= 4 is 109 Å². The summed E-state index contributed by atoms with van der Waals surface area (Å²) in [6, 6.07) is 58.3. The second kappa shape index (κ2) is 11.6. The zero-order valence-corrected chi connectivity index (χ0v) is 27.6. The average Bonchev–Trinajstić information content (AvgIpc) is 3.70. The largest absolute Gasteiger partial charge is 0.310 e. The predicted molar refractivity (Wildman–Crippen MR) is 207 cm³/mol. The van der Waals surface area contributed by atoms with Crippen molar-refractivity contribution in [3.8, 4) is 0 Å². The van der Waals surface area contributed by atoms with E-state index in [9.17, 15) is 0 Å². The van der Waals surface area contributed by atoms with Gasteiger partial charge in [0.25, 0.3) is 0 Å². The maximum Gasteiger partial charge on any atom is 0.0586 e. The Morgan fingerprint density at radius 2 is 0.957 bits per heavy atom. The second-order valence-corrected chi connectivity index (χ2v) is 14.1. The van der Waals surface area contributed by atoms with E-state index in [0.29, 0.717) is 0 Å². The normalized spacial score (nSPS) is 11.5. The minimum Gasteiger partial charge on any atom is -0.310 e. The first-order chi connectivity index (χ1) is 23.2. The van der Waals surface area contributed by atoms with Gasteiger partial charge >= 0.3 is 0 Å². The molecule has 0 aliphatic heterocycles. The van der Waals surface area contributed by atoms with E-state index in [1.165, 1.54) is 35.6 Å². The number of fused-ring (bicyclic) bond motifs is 6. The third-order valence-corrected chi connectivity index (χ3v) is 11.5.